The van der Waals surface area contributed by atoms with Gasteiger partial charge in [-0.3, -0.25) is 0 Å². The van der Waals surface area contributed by atoms with Gasteiger partial charge in [-0.2, -0.15) is 11.8 Å². The normalized spacial score (nSPS) is 12.9. The number of rotatable bonds is 5. The molecule has 1 aromatic rings. The molecule has 0 aromatic carbocycles. The Morgan fingerprint density at radius 1 is 1.64 bits per heavy atom. The van der Waals surface area contributed by atoms with Gasteiger partial charge in [0.1, 0.15) is 0 Å². The molecule has 0 bridgehead atoms. The highest BCUT2D eigenvalue weighted by molar-refractivity contribution is 7.98. The molecule has 1 heterocycles. The SMILES string of the molecule is CSCC(C)CNc1nc(C)cn1C. The van der Waals surface area contributed by atoms with Gasteiger partial charge in [-0.05, 0) is 24.9 Å². The molecule has 14 heavy (non-hydrogen) atoms. The predicted molar refractivity (Wildman–Crippen MR) is 64.0 cm³/mol. The van der Waals surface area contributed by atoms with Crippen LogP contribution in [-0.2, 0) is 7.05 Å². The summed E-state index contributed by atoms with van der Waals surface area (Å²) in [6.07, 6.45) is 4.17. The lowest BCUT2D eigenvalue weighted by Crippen LogP contribution is -2.15. The molecule has 3 nitrogen and oxygen atoms in total. The van der Waals surface area contributed by atoms with Crippen LogP contribution in [0.5, 0.6) is 0 Å². The van der Waals surface area contributed by atoms with E-state index in [1.165, 1.54) is 5.75 Å². The number of imidazole rings is 1. The van der Waals surface area contributed by atoms with Gasteiger partial charge in [0.2, 0.25) is 5.95 Å². The maximum Gasteiger partial charge on any atom is 0.202 e. The van der Waals surface area contributed by atoms with Gasteiger partial charge in [0.05, 0.1) is 5.69 Å². The first-order chi connectivity index (χ1) is 6.63. The number of aryl methyl sites for hydroxylation is 2. The molecule has 1 N–H and O–H groups in total. The summed E-state index contributed by atoms with van der Waals surface area (Å²) in [5.41, 5.74) is 1.06. The molecule has 1 aromatic heterocycles. The number of aromatic nitrogens is 2. The van der Waals surface area contributed by atoms with Crippen LogP contribution < -0.4 is 5.32 Å². The Labute approximate surface area is 90.3 Å². The van der Waals surface area contributed by atoms with Gasteiger partial charge in [0.25, 0.3) is 0 Å². The maximum absolute atomic E-state index is 4.39. The molecule has 1 unspecified atom stereocenters. The zero-order valence-electron chi connectivity index (χ0n) is 9.37. The Morgan fingerprint density at radius 3 is 2.86 bits per heavy atom. The fraction of sp³-hybridized carbons (Fsp3) is 0.700. The zero-order chi connectivity index (χ0) is 10.6. The Balaban J connectivity index is 2.41. The molecular formula is C10H19N3S. The van der Waals surface area contributed by atoms with Gasteiger partial charge in [0, 0.05) is 19.8 Å². The van der Waals surface area contributed by atoms with Crippen molar-refractivity contribution in [2.45, 2.75) is 13.8 Å². The molecule has 0 spiro atoms. The van der Waals surface area contributed by atoms with Crippen molar-refractivity contribution in [3.63, 3.8) is 0 Å². The van der Waals surface area contributed by atoms with E-state index in [4.69, 9.17) is 0 Å². The van der Waals surface area contributed by atoms with Crippen LogP contribution in [0.2, 0.25) is 0 Å². The Morgan fingerprint density at radius 2 is 2.36 bits per heavy atom. The first-order valence-electron chi connectivity index (χ1n) is 4.86. The summed E-state index contributed by atoms with van der Waals surface area (Å²) in [6, 6.07) is 0. The summed E-state index contributed by atoms with van der Waals surface area (Å²) in [7, 11) is 2.02. The van der Waals surface area contributed by atoms with E-state index in [0.29, 0.717) is 5.92 Å². The van der Waals surface area contributed by atoms with Crippen molar-refractivity contribution >= 4 is 17.7 Å². The number of nitrogens with one attached hydrogen (secondary N) is 1. The van der Waals surface area contributed by atoms with Crippen LogP contribution in [0.4, 0.5) is 5.95 Å². The molecule has 4 heteroatoms. The third-order valence-electron chi connectivity index (χ3n) is 2.06. The van der Waals surface area contributed by atoms with Crippen molar-refractivity contribution in [2.75, 3.05) is 23.9 Å². The van der Waals surface area contributed by atoms with E-state index in [9.17, 15) is 0 Å². The third kappa shape index (κ3) is 3.25. The van der Waals surface area contributed by atoms with Crippen molar-refractivity contribution in [1.82, 2.24) is 9.55 Å². The maximum atomic E-state index is 4.39. The molecule has 0 aliphatic carbocycles. The van der Waals surface area contributed by atoms with Crippen LogP contribution in [0.15, 0.2) is 6.20 Å². The average Bonchev–Trinajstić information content (AvgIpc) is 2.42. The highest BCUT2D eigenvalue weighted by Crippen LogP contribution is 2.08. The second kappa shape index (κ2) is 5.29. The number of nitrogens with zero attached hydrogens (tertiary/aromatic N) is 2. The molecule has 0 aliphatic heterocycles. The van der Waals surface area contributed by atoms with E-state index < -0.39 is 0 Å². The third-order valence-corrected chi connectivity index (χ3v) is 2.96. The molecule has 0 saturated carbocycles. The van der Waals surface area contributed by atoms with Gasteiger partial charge < -0.3 is 9.88 Å². The Kier molecular flexibility index (Phi) is 4.32. The topological polar surface area (TPSA) is 29.9 Å². The number of anilines is 1. The predicted octanol–water partition coefficient (Wildman–Crippen LogP) is 2.14. The van der Waals surface area contributed by atoms with Crippen molar-refractivity contribution in [1.29, 1.82) is 0 Å². The highest BCUT2D eigenvalue weighted by atomic mass is 32.2. The fourth-order valence-corrected chi connectivity index (χ4v) is 2.08. The van der Waals surface area contributed by atoms with E-state index >= 15 is 0 Å². The summed E-state index contributed by atoms with van der Waals surface area (Å²) in [6.45, 7) is 5.25. The van der Waals surface area contributed by atoms with Gasteiger partial charge in [-0.1, -0.05) is 6.92 Å². The first-order valence-corrected chi connectivity index (χ1v) is 6.25. The highest BCUT2D eigenvalue weighted by Gasteiger charge is 2.04. The lowest BCUT2D eigenvalue weighted by atomic mass is 10.2. The Bertz CT molecular complexity index is 283. The molecule has 0 saturated heterocycles. The lowest BCUT2D eigenvalue weighted by molar-refractivity contribution is 0.692. The van der Waals surface area contributed by atoms with Crippen molar-refractivity contribution in [2.24, 2.45) is 13.0 Å². The Hall–Kier alpha value is -0.640. The van der Waals surface area contributed by atoms with Gasteiger partial charge >= 0.3 is 0 Å². The van der Waals surface area contributed by atoms with E-state index in [1.54, 1.807) is 0 Å². The molecule has 80 valence electrons. The molecular weight excluding hydrogens is 194 g/mol. The van der Waals surface area contributed by atoms with E-state index in [0.717, 1.165) is 18.2 Å². The molecule has 0 amide bonds. The largest absolute Gasteiger partial charge is 0.355 e. The van der Waals surface area contributed by atoms with Crippen molar-refractivity contribution in [3.05, 3.63) is 11.9 Å². The standard InChI is InChI=1S/C10H19N3S/c1-8(7-14-4)5-11-10-12-9(2)6-13(10)3/h6,8H,5,7H2,1-4H3,(H,11,12). The summed E-state index contributed by atoms with van der Waals surface area (Å²) >= 11 is 1.89. The van der Waals surface area contributed by atoms with Gasteiger partial charge in [0.15, 0.2) is 0 Å². The van der Waals surface area contributed by atoms with Crippen LogP contribution in [0.3, 0.4) is 0 Å². The molecule has 0 aliphatic rings. The minimum atomic E-state index is 0.682. The van der Waals surface area contributed by atoms with Gasteiger partial charge in [-0.25, -0.2) is 4.98 Å². The molecule has 0 radical (unpaired) electrons. The molecule has 1 atom stereocenters. The zero-order valence-corrected chi connectivity index (χ0v) is 10.2. The minimum Gasteiger partial charge on any atom is -0.355 e. The van der Waals surface area contributed by atoms with Gasteiger partial charge in [-0.15, -0.1) is 0 Å². The smallest absolute Gasteiger partial charge is 0.202 e. The van der Waals surface area contributed by atoms with Crippen LogP contribution >= 0.6 is 11.8 Å². The quantitative estimate of drug-likeness (QED) is 0.812. The van der Waals surface area contributed by atoms with Crippen LogP contribution in [0.1, 0.15) is 12.6 Å². The van der Waals surface area contributed by atoms with E-state index in [2.05, 4.69) is 23.5 Å². The summed E-state index contributed by atoms with van der Waals surface area (Å²) in [5, 5.41) is 3.36. The number of hydrogen-bond donors (Lipinski definition) is 1. The summed E-state index contributed by atoms with van der Waals surface area (Å²) < 4.78 is 2.03. The van der Waals surface area contributed by atoms with Crippen molar-refractivity contribution < 1.29 is 0 Å². The van der Waals surface area contributed by atoms with Crippen LogP contribution in [0, 0.1) is 12.8 Å². The number of thioether (sulfide) groups is 1. The van der Waals surface area contributed by atoms with E-state index in [-0.39, 0.29) is 0 Å². The van der Waals surface area contributed by atoms with Crippen LogP contribution in [-0.4, -0.2) is 28.1 Å². The molecule has 1 rings (SSSR count). The van der Waals surface area contributed by atoms with Crippen molar-refractivity contribution in [3.8, 4) is 0 Å². The van der Waals surface area contributed by atoms with Crippen LogP contribution in [0.25, 0.3) is 0 Å². The summed E-state index contributed by atoms with van der Waals surface area (Å²) in [5.74, 6) is 2.84. The summed E-state index contributed by atoms with van der Waals surface area (Å²) in [4.78, 5) is 4.39. The fourth-order valence-electron chi connectivity index (χ4n) is 1.39. The second-order valence-corrected chi connectivity index (χ2v) is 4.67. The lowest BCUT2D eigenvalue weighted by Gasteiger charge is -2.11. The van der Waals surface area contributed by atoms with E-state index in [1.807, 2.05) is 36.5 Å². The monoisotopic (exact) mass is 213 g/mol. The minimum absolute atomic E-state index is 0.682. The number of hydrogen-bond acceptors (Lipinski definition) is 3. The second-order valence-electron chi connectivity index (χ2n) is 3.76. The molecule has 0 fully saturated rings. The first kappa shape index (κ1) is 11.4. The average molecular weight is 213 g/mol.